The third kappa shape index (κ3) is 2.46. The van der Waals surface area contributed by atoms with Gasteiger partial charge >= 0.3 is 0 Å². The summed E-state index contributed by atoms with van der Waals surface area (Å²) in [6, 6.07) is 8.21. The number of halogens is 2. The second-order valence-corrected chi connectivity index (χ2v) is 5.34. The minimum Gasteiger partial charge on any atom is -0.505 e. The van der Waals surface area contributed by atoms with Gasteiger partial charge in [0, 0.05) is 22.1 Å². The Bertz CT molecular complexity index is 772. The summed E-state index contributed by atoms with van der Waals surface area (Å²) in [5.41, 5.74) is 2.56. The number of aromatic hydroxyl groups is 1. The normalized spacial score (nSPS) is 10.9. The zero-order valence-electron chi connectivity index (χ0n) is 10.3. The Balaban J connectivity index is 1.86. The molecule has 2 aromatic carbocycles. The van der Waals surface area contributed by atoms with Gasteiger partial charge in [-0.05, 0) is 29.8 Å². The van der Waals surface area contributed by atoms with Crippen LogP contribution in [0.25, 0.3) is 10.9 Å². The maximum atomic E-state index is 13.3. The van der Waals surface area contributed by atoms with E-state index in [-0.39, 0.29) is 5.75 Å². The number of hydrogen-bond donors (Lipinski definition) is 3. The van der Waals surface area contributed by atoms with Crippen molar-refractivity contribution in [2.45, 2.75) is 6.54 Å². The second-order valence-electron chi connectivity index (χ2n) is 4.42. The fourth-order valence-corrected chi connectivity index (χ4v) is 2.48. The maximum Gasteiger partial charge on any atom is 0.165 e. The molecule has 0 aliphatic rings. The van der Waals surface area contributed by atoms with E-state index in [9.17, 15) is 4.39 Å². The third-order valence-electron chi connectivity index (χ3n) is 3.02. The topological polar surface area (TPSA) is 60.9 Å². The Morgan fingerprint density at radius 3 is 2.95 bits per heavy atom. The molecule has 1 heterocycles. The van der Waals surface area contributed by atoms with Crippen LogP contribution in [0.1, 0.15) is 5.56 Å². The number of phenols is 1. The van der Waals surface area contributed by atoms with Crippen LogP contribution in [0.3, 0.4) is 0 Å². The van der Waals surface area contributed by atoms with Crippen molar-refractivity contribution in [1.82, 2.24) is 10.2 Å². The molecule has 102 valence electrons. The molecule has 20 heavy (non-hydrogen) atoms. The van der Waals surface area contributed by atoms with Crippen molar-refractivity contribution < 1.29 is 9.50 Å². The monoisotopic (exact) mass is 335 g/mol. The molecule has 0 unspecified atom stereocenters. The number of fused-ring (bicyclic) bond motifs is 1. The summed E-state index contributed by atoms with van der Waals surface area (Å²) in [6.07, 6.45) is 1.74. The van der Waals surface area contributed by atoms with E-state index < -0.39 is 5.82 Å². The Kier molecular flexibility index (Phi) is 3.31. The van der Waals surface area contributed by atoms with Crippen LogP contribution in [0.2, 0.25) is 0 Å². The average Bonchev–Trinajstić information content (AvgIpc) is 2.88. The van der Waals surface area contributed by atoms with Crippen LogP contribution in [0, 0.1) is 5.82 Å². The number of aromatic nitrogens is 2. The number of hydrogen-bond acceptors (Lipinski definition) is 3. The predicted octanol–water partition coefficient (Wildman–Crippen LogP) is 3.78. The summed E-state index contributed by atoms with van der Waals surface area (Å²) in [5, 5.41) is 20.3. The zero-order valence-corrected chi connectivity index (χ0v) is 11.9. The molecule has 0 aliphatic heterocycles. The van der Waals surface area contributed by atoms with Crippen molar-refractivity contribution in [2.75, 3.05) is 5.32 Å². The molecule has 0 saturated carbocycles. The third-order valence-corrected chi connectivity index (χ3v) is 3.48. The van der Waals surface area contributed by atoms with E-state index in [1.807, 2.05) is 12.1 Å². The molecule has 0 fully saturated rings. The van der Waals surface area contributed by atoms with Crippen LogP contribution in [0.15, 0.2) is 41.0 Å². The van der Waals surface area contributed by atoms with E-state index >= 15 is 0 Å². The molecule has 0 aliphatic carbocycles. The lowest BCUT2D eigenvalue weighted by molar-refractivity contribution is 0.432. The molecular formula is C14H11BrFN3O. The van der Waals surface area contributed by atoms with Crippen LogP contribution >= 0.6 is 15.9 Å². The second kappa shape index (κ2) is 5.13. The fraction of sp³-hybridized carbons (Fsp3) is 0.0714. The first-order valence-corrected chi connectivity index (χ1v) is 6.76. The van der Waals surface area contributed by atoms with Crippen LogP contribution in [-0.4, -0.2) is 15.3 Å². The molecule has 3 rings (SSSR count). The Morgan fingerprint density at radius 1 is 1.30 bits per heavy atom. The van der Waals surface area contributed by atoms with Gasteiger partial charge in [0.2, 0.25) is 0 Å². The fourth-order valence-electron chi connectivity index (χ4n) is 2.02. The number of H-pyrrole nitrogens is 1. The lowest BCUT2D eigenvalue weighted by Gasteiger charge is -2.09. The smallest absolute Gasteiger partial charge is 0.165 e. The first-order chi connectivity index (χ1) is 9.63. The summed E-state index contributed by atoms with van der Waals surface area (Å²) in [5.74, 6) is -0.958. The van der Waals surface area contributed by atoms with Crippen molar-refractivity contribution in [3.8, 4) is 5.75 Å². The van der Waals surface area contributed by atoms with Gasteiger partial charge < -0.3 is 10.4 Å². The highest BCUT2D eigenvalue weighted by atomic mass is 79.9. The molecule has 0 atom stereocenters. The number of rotatable bonds is 3. The molecule has 6 heteroatoms. The number of aromatic amines is 1. The van der Waals surface area contributed by atoms with E-state index in [1.165, 1.54) is 12.1 Å². The Morgan fingerprint density at radius 2 is 2.15 bits per heavy atom. The summed E-state index contributed by atoms with van der Waals surface area (Å²) in [4.78, 5) is 0. The van der Waals surface area contributed by atoms with Gasteiger partial charge in [-0.15, -0.1) is 0 Å². The first-order valence-electron chi connectivity index (χ1n) is 5.97. The molecule has 0 saturated heterocycles. The van der Waals surface area contributed by atoms with Crippen molar-refractivity contribution in [3.05, 3.63) is 52.4 Å². The van der Waals surface area contributed by atoms with Gasteiger partial charge in [0.25, 0.3) is 0 Å². The zero-order chi connectivity index (χ0) is 14.1. The Labute approximate surface area is 122 Å². The molecule has 4 nitrogen and oxygen atoms in total. The standard InChI is InChI=1S/C14H11BrFN3O/c15-9-4-12(10-7-18-19-13(10)5-9)17-6-8-1-2-14(20)11(16)3-8/h1-5,7,17,20H,6H2,(H,18,19). The quantitative estimate of drug-likeness (QED) is 0.682. The molecular weight excluding hydrogens is 325 g/mol. The van der Waals surface area contributed by atoms with E-state index in [2.05, 4.69) is 31.4 Å². The van der Waals surface area contributed by atoms with E-state index in [1.54, 1.807) is 12.3 Å². The van der Waals surface area contributed by atoms with Gasteiger partial charge in [-0.1, -0.05) is 22.0 Å². The van der Waals surface area contributed by atoms with Crippen molar-refractivity contribution in [2.24, 2.45) is 0 Å². The molecule has 0 bridgehead atoms. The van der Waals surface area contributed by atoms with E-state index in [0.29, 0.717) is 6.54 Å². The number of phenolic OH excluding ortho intramolecular Hbond substituents is 1. The van der Waals surface area contributed by atoms with Gasteiger partial charge in [0.05, 0.1) is 11.7 Å². The van der Waals surface area contributed by atoms with Gasteiger partial charge in [0.15, 0.2) is 11.6 Å². The van der Waals surface area contributed by atoms with Crippen molar-refractivity contribution in [3.63, 3.8) is 0 Å². The van der Waals surface area contributed by atoms with Crippen LogP contribution < -0.4 is 5.32 Å². The Hall–Kier alpha value is -2.08. The largest absolute Gasteiger partial charge is 0.505 e. The van der Waals surface area contributed by atoms with Gasteiger partial charge in [-0.2, -0.15) is 5.10 Å². The van der Waals surface area contributed by atoms with Crippen LogP contribution in [-0.2, 0) is 6.54 Å². The number of benzene rings is 2. The van der Waals surface area contributed by atoms with Crippen molar-refractivity contribution in [1.29, 1.82) is 0 Å². The minimum atomic E-state index is -0.619. The van der Waals surface area contributed by atoms with Gasteiger partial charge in [-0.3, -0.25) is 5.10 Å². The molecule has 0 radical (unpaired) electrons. The molecule has 1 aromatic heterocycles. The SMILES string of the molecule is Oc1ccc(CNc2cc(Br)cc3[nH]ncc23)cc1F. The number of nitrogens with one attached hydrogen (secondary N) is 2. The van der Waals surface area contributed by atoms with Gasteiger partial charge in [0.1, 0.15) is 0 Å². The molecule has 0 spiro atoms. The van der Waals surface area contributed by atoms with Gasteiger partial charge in [-0.25, -0.2) is 4.39 Å². The summed E-state index contributed by atoms with van der Waals surface area (Å²) < 4.78 is 14.2. The minimum absolute atomic E-state index is 0.339. The molecule has 0 amide bonds. The molecule has 3 aromatic rings. The summed E-state index contributed by atoms with van der Waals surface area (Å²) in [6.45, 7) is 0.452. The first kappa shape index (κ1) is 12.9. The summed E-state index contributed by atoms with van der Waals surface area (Å²) >= 11 is 3.43. The number of anilines is 1. The maximum absolute atomic E-state index is 13.3. The van der Waals surface area contributed by atoms with E-state index in [0.717, 1.165) is 26.6 Å². The van der Waals surface area contributed by atoms with Crippen LogP contribution in [0.4, 0.5) is 10.1 Å². The lowest BCUT2D eigenvalue weighted by Crippen LogP contribution is -2.00. The predicted molar refractivity (Wildman–Crippen MR) is 79.2 cm³/mol. The van der Waals surface area contributed by atoms with Crippen molar-refractivity contribution >= 4 is 32.5 Å². The highest BCUT2D eigenvalue weighted by Gasteiger charge is 2.06. The highest BCUT2D eigenvalue weighted by Crippen LogP contribution is 2.27. The highest BCUT2D eigenvalue weighted by molar-refractivity contribution is 9.10. The molecule has 3 N–H and O–H groups in total. The lowest BCUT2D eigenvalue weighted by atomic mass is 10.2. The van der Waals surface area contributed by atoms with Crippen LogP contribution in [0.5, 0.6) is 5.75 Å². The summed E-state index contributed by atoms with van der Waals surface area (Å²) in [7, 11) is 0. The van der Waals surface area contributed by atoms with E-state index in [4.69, 9.17) is 5.11 Å². The average molecular weight is 336 g/mol. The number of nitrogens with zero attached hydrogens (tertiary/aromatic N) is 1.